The second kappa shape index (κ2) is 6.35. The van der Waals surface area contributed by atoms with Gasteiger partial charge in [-0.1, -0.05) is 66.7 Å². The monoisotopic (exact) mass is 378 g/mol. The molecule has 3 aromatic carbocycles. The van der Waals surface area contributed by atoms with Crippen molar-refractivity contribution in [2.24, 2.45) is 0 Å². The molecule has 0 aliphatic carbocycles. The maximum Gasteiger partial charge on any atom is 0.265 e. The van der Waals surface area contributed by atoms with Crippen LogP contribution in [-0.2, 0) is 0 Å². The Morgan fingerprint density at radius 2 is 1.34 bits per heavy atom. The van der Waals surface area contributed by atoms with Gasteiger partial charge in [0, 0.05) is 29.2 Å². The van der Waals surface area contributed by atoms with Crippen LogP contribution in [0.2, 0.25) is 0 Å². The van der Waals surface area contributed by atoms with Crippen LogP contribution in [0.4, 0.5) is 5.69 Å². The number of fused-ring (bicyclic) bond motifs is 3. The molecule has 0 N–H and O–H groups in total. The summed E-state index contributed by atoms with van der Waals surface area (Å²) in [5.41, 5.74) is 5.07. The molecule has 0 amide bonds. The number of anilines is 1. The predicted octanol–water partition coefficient (Wildman–Crippen LogP) is 5.70. The first-order chi connectivity index (χ1) is 14.3. The molecule has 29 heavy (non-hydrogen) atoms. The summed E-state index contributed by atoms with van der Waals surface area (Å²) in [5.74, 6) is 0. The van der Waals surface area contributed by atoms with E-state index in [9.17, 15) is 4.79 Å². The Hall–Kier alpha value is -3.33. The van der Waals surface area contributed by atoms with E-state index in [1.54, 1.807) is 0 Å². The average molecular weight is 378 g/mol. The predicted molar refractivity (Wildman–Crippen MR) is 121 cm³/mol. The maximum absolute atomic E-state index is 14.0. The Morgan fingerprint density at radius 1 is 0.655 bits per heavy atom. The Bertz CT molecular complexity index is 1400. The van der Waals surface area contributed by atoms with Gasteiger partial charge in [0.15, 0.2) is 0 Å². The van der Waals surface area contributed by atoms with Crippen LogP contribution in [0.15, 0.2) is 77.6 Å². The van der Waals surface area contributed by atoms with Gasteiger partial charge in [-0.15, -0.1) is 0 Å². The molecule has 0 spiro atoms. The van der Waals surface area contributed by atoms with Crippen molar-refractivity contribution >= 4 is 32.9 Å². The van der Waals surface area contributed by atoms with Crippen LogP contribution >= 0.6 is 0 Å². The first-order valence-electron chi connectivity index (χ1n) is 10.5. The number of nitrogens with zero attached hydrogens (tertiary/aromatic N) is 2. The highest BCUT2D eigenvalue weighted by molar-refractivity contribution is 6.18. The third-order valence-electron chi connectivity index (χ3n) is 6.34. The van der Waals surface area contributed by atoms with Gasteiger partial charge in [0.25, 0.3) is 5.56 Å². The van der Waals surface area contributed by atoms with E-state index in [0.29, 0.717) is 0 Å². The molecule has 142 valence electrons. The molecule has 6 rings (SSSR count). The molecule has 2 aromatic heterocycles. The van der Waals surface area contributed by atoms with Gasteiger partial charge in [-0.2, -0.15) is 0 Å². The summed E-state index contributed by atoms with van der Waals surface area (Å²) in [7, 11) is 0. The largest absolute Gasteiger partial charge is 0.370 e. The third-order valence-corrected chi connectivity index (χ3v) is 6.34. The number of benzene rings is 3. The van der Waals surface area contributed by atoms with Crippen molar-refractivity contribution in [3.8, 4) is 11.1 Å². The topological polar surface area (TPSA) is 24.7 Å². The summed E-state index contributed by atoms with van der Waals surface area (Å²) < 4.78 is 1.94. The Balaban J connectivity index is 1.85. The van der Waals surface area contributed by atoms with Crippen molar-refractivity contribution in [2.75, 3.05) is 18.0 Å². The fourth-order valence-electron chi connectivity index (χ4n) is 5.08. The molecule has 1 aliphatic heterocycles. The lowest BCUT2D eigenvalue weighted by Crippen LogP contribution is -2.32. The molecular formula is C26H22N2O. The van der Waals surface area contributed by atoms with Crippen LogP contribution in [-0.4, -0.2) is 17.5 Å². The average Bonchev–Trinajstić information content (AvgIpc) is 3.13. The molecule has 0 unspecified atom stereocenters. The lowest BCUT2D eigenvalue weighted by atomic mass is 9.98. The molecule has 1 aliphatic rings. The first kappa shape index (κ1) is 16.6. The molecule has 0 radical (unpaired) electrons. The van der Waals surface area contributed by atoms with E-state index in [0.717, 1.165) is 51.7 Å². The zero-order chi connectivity index (χ0) is 19.4. The van der Waals surface area contributed by atoms with Crippen molar-refractivity contribution in [1.29, 1.82) is 0 Å². The number of hydrogen-bond donors (Lipinski definition) is 0. The van der Waals surface area contributed by atoms with Crippen LogP contribution in [0.1, 0.15) is 19.3 Å². The lowest BCUT2D eigenvalue weighted by Gasteiger charge is -2.31. The van der Waals surface area contributed by atoms with Crippen LogP contribution in [0.5, 0.6) is 0 Å². The third kappa shape index (κ3) is 2.34. The van der Waals surface area contributed by atoms with E-state index in [4.69, 9.17) is 0 Å². The van der Waals surface area contributed by atoms with E-state index < -0.39 is 0 Å². The van der Waals surface area contributed by atoms with Crippen molar-refractivity contribution in [2.45, 2.75) is 19.3 Å². The summed E-state index contributed by atoms with van der Waals surface area (Å²) in [6.07, 6.45) is 3.63. The fraction of sp³-hybridized carbons (Fsp3) is 0.192. The Kier molecular flexibility index (Phi) is 3.63. The van der Waals surface area contributed by atoms with Crippen molar-refractivity contribution in [3.63, 3.8) is 0 Å². The van der Waals surface area contributed by atoms with Crippen LogP contribution in [0.3, 0.4) is 0 Å². The normalized spacial score (nSPS) is 15.0. The van der Waals surface area contributed by atoms with Gasteiger partial charge >= 0.3 is 0 Å². The number of pyridine rings is 1. The van der Waals surface area contributed by atoms with E-state index in [2.05, 4.69) is 53.4 Å². The maximum atomic E-state index is 14.0. The van der Waals surface area contributed by atoms with Crippen molar-refractivity contribution in [1.82, 2.24) is 4.40 Å². The number of aromatic nitrogens is 1. The van der Waals surface area contributed by atoms with Crippen molar-refractivity contribution < 1.29 is 0 Å². The number of para-hydroxylation sites is 2. The zero-order valence-electron chi connectivity index (χ0n) is 16.3. The molecule has 0 bridgehead atoms. The van der Waals surface area contributed by atoms with Gasteiger partial charge in [-0.25, -0.2) is 0 Å². The van der Waals surface area contributed by atoms with Crippen molar-refractivity contribution in [3.05, 3.63) is 83.2 Å². The number of hydrogen-bond acceptors (Lipinski definition) is 2. The van der Waals surface area contributed by atoms with Gasteiger partial charge in [0.1, 0.15) is 0 Å². The van der Waals surface area contributed by atoms with E-state index in [-0.39, 0.29) is 5.56 Å². The minimum Gasteiger partial charge on any atom is -0.370 e. The first-order valence-corrected chi connectivity index (χ1v) is 10.5. The minimum atomic E-state index is 0.0849. The van der Waals surface area contributed by atoms with Gasteiger partial charge < -0.3 is 4.90 Å². The van der Waals surface area contributed by atoms with E-state index in [1.807, 2.05) is 28.7 Å². The summed E-state index contributed by atoms with van der Waals surface area (Å²) >= 11 is 0. The summed E-state index contributed by atoms with van der Waals surface area (Å²) in [5, 5.41) is 3.48. The summed E-state index contributed by atoms with van der Waals surface area (Å²) in [4.78, 5) is 16.5. The second-order valence-corrected chi connectivity index (χ2v) is 8.00. The van der Waals surface area contributed by atoms with Crippen LogP contribution < -0.4 is 10.5 Å². The lowest BCUT2D eigenvalue weighted by molar-refractivity contribution is 0.579. The number of piperidine rings is 1. The van der Waals surface area contributed by atoms with E-state index in [1.165, 1.54) is 24.6 Å². The van der Waals surface area contributed by atoms with Gasteiger partial charge in [-0.05, 0) is 30.9 Å². The molecule has 1 fully saturated rings. The molecular weight excluding hydrogens is 356 g/mol. The van der Waals surface area contributed by atoms with E-state index >= 15 is 0 Å². The standard InChI is InChI=1S/C26H22N2O/c29-26-23(18-10-3-1-4-11-18)25(27-16-7-2-8-17-27)21-14-9-13-20-19-12-5-6-15-22(19)28(26)24(20)21/h1,3-6,9-15H,2,7-8,16-17H2. The van der Waals surface area contributed by atoms with Gasteiger partial charge in [-0.3, -0.25) is 9.20 Å². The smallest absolute Gasteiger partial charge is 0.265 e. The molecule has 3 heterocycles. The second-order valence-electron chi connectivity index (χ2n) is 8.00. The summed E-state index contributed by atoms with van der Waals surface area (Å²) in [6, 6.07) is 24.9. The fourth-order valence-corrected chi connectivity index (χ4v) is 5.08. The Labute approximate surface area is 169 Å². The molecule has 5 aromatic rings. The molecule has 3 nitrogen and oxygen atoms in total. The quantitative estimate of drug-likeness (QED) is 0.393. The van der Waals surface area contributed by atoms with Crippen LogP contribution in [0.25, 0.3) is 38.3 Å². The number of rotatable bonds is 2. The highest BCUT2D eigenvalue weighted by atomic mass is 16.1. The SMILES string of the molecule is O=c1c(-c2ccccc2)c(N2CCCCC2)c2cccc3c4ccccc4n1c23. The molecule has 0 atom stereocenters. The minimum absolute atomic E-state index is 0.0849. The molecule has 3 heteroatoms. The molecule has 0 saturated carbocycles. The molecule has 1 saturated heterocycles. The highest BCUT2D eigenvalue weighted by Gasteiger charge is 2.25. The van der Waals surface area contributed by atoms with Gasteiger partial charge in [0.2, 0.25) is 0 Å². The highest BCUT2D eigenvalue weighted by Crippen LogP contribution is 2.40. The Morgan fingerprint density at radius 3 is 2.17 bits per heavy atom. The zero-order valence-corrected chi connectivity index (χ0v) is 16.3. The van der Waals surface area contributed by atoms with Crippen LogP contribution in [0, 0.1) is 0 Å². The van der Waals surface area contributed by atoms with Gasteiger partial charge in [0.05, 0.1) is 22.3 Å². The summed E-state index contributed by atoms with van der Waals surface area (Å²) in [6.45, 7) is 2.02.